The topological polar surface area (TPSA) is 75.0 Å². The zero-order chi connectivity index (χ0) is 20.6. The van der Waals surface area contributed by atoms with Crippen LogP contribution < -0.4 is 4.74 Å². The summed E-state index contributed by atoms with van der Waals surface area (Å²) >= 11 is 3.22. The maximum atomic E-state index is 5.78. The Hall–Kier alpha value is -2.75. The number of benzene rings is 1. The number of para-hydroxylation sites is 1. The molecule has 0 atom stereocenters. The third kappa shape index (κ3) is 5.24. The van der Waals surface area contributed by atoms with Crippen LogP contribution in [0.1, 0.15) is 10.7 Å². The second-order valence-corrected chi connectivity index (χ2v) is 8.19. The Morgan fingerprint density at radius 3 is 2.70 bits per heavy atom. The number of rotatable bonds is 10. The van der Waals surface area contributed by atoms with Crippen LogP contribution in [0.3, 0.4) is 0 Å². The van der Waals surface area contributed by atoms with Crippen molar-refractivity contribution in [1.29, 1.82) is 0 Å². The van der Waals surface area contributed by atoms with Crippen LogP contribution in [0.4, 0.5) is 0 Å². The molecule has 0 aliphatic heterocycles. The molecular formula is C21H21N5O2S2. The van der Waals surface area contributed by atoms with E-state index in [9.17, 15) is 0 Å². The van der Waals surface area contributed by atoms with Gasteiger partial charge in [-0.05, 0) is 24.3 Å². The van der Waals surface area contributed by atoms with Gasteiger partial charge in [-0.15, -0.1) is 21.5 Å². The highest BCUT2D eigenvalue weighted by atomic mass is 32.2. The second kappa shape index (κ2) is 10.3. The van der Waals surface area contributed by atoms with E-state index in [1.807, 2.05) is 42.5 Å². The lowest BCUT2D eigenvalue weighted by Crippen LogP contribution is -2.07. The van der Waals surface area contributed by atoms with Gasteiger partial charge in [0.05, 0.1) is 18.8 Å². The Kier molecular flexibility index (Phi) is 7.07. The minimum atomic E-state index is 0.468. The van der Waals surface area contributed by atoms with Gasteiger partial charge in [-0.25, -0.2) is 4.98 Å². The molecule has 7 nitrogen and oxygen atoms in total. The highest BCUT2D eigenvalue weighted by Gasteiger charge is 2.15. The Morgan fingerprint density at radius 2 is 1.90 bits per heavy atom. The van der Waals surface area contributed by atoms with Crippen LogP contribution in [-0.4, -0.2) is 38.4 Å². The maximum Gasteiger partial charge on any atom is 0.191 e. The third-order valence-electron chi connectivity index (χ3n) is 4.23. The van der Waals surface area contributed by atoms with Gasteiger partial charge in [-0.2, -0.15) is 0 Å². The van der Waals surface area contributed by atoms with Gasteiger partial charge in [0.15, 0.2) is 11.0 Å². The van der Waals surface area contributed by atoms with E-state index in [0.29, 0.717) is 25.5 Å². The highest BCUT2D eigenvalue weighted by Crippen LogP contribution is 2.27. The van der Waals surface area contributed by atoms with Gasteiger partial charge in [-0.1, -0.05) is 30.0 Å². The SMILES string of the molecule is COCCn1c(SCc2csc(COc3ccccc3)n2)nnc1-c1ccncc1. The Balaban J connectivity index is 1.41. The van der Waals surface area contributed by atoms with E-state index < -0.39 is 0 Å². The van der Waals surface area contributed by atoms with Gasteiger partial charge in [0.2, 0.25) is 0 Å². The number of methoxy groups -OCH3 is 1. The van der Waals surface area contributed by atoms with Crippen LogP contribution in [0.2, 0.25) is 0 Å². The molecule has 4 rings (SSSR count). The van der Waals surface area contributed by atoms with E-state index in [2.05, 4.69) is 30.1 Å². The summed E-state index contributed by atoms with van der Waals surface area (Å²) in [6, 6.07) is 13.6. The molecule has 0 unspecified atom stereocenters. The summed E-state index contributed by atoms with van der Waals surface area (Å²) in [5.74, 6) is 2.37. The molecule has 3 heterocycles. The molecule has 0 saturated carbocycles. The van der Waals surface area contributed by atoms with E-state index in [1.54, 1.807) is 42.6 Å². The van der Waals surface area contributed by atoms with Gasteiger partial charge >= 0.3 is 0 Å². The van der Waals surface area contributed by atoms with Gasteiger partial charge in [0.25, 0.3) is 0 Å². The molecule has 0 radical (unpaired) electrons. The summed E-state index contributed by atoms with van der Waals surface area (Å²) in [6.07, 6.45) is 3.51. The summed E-state index contributed by atoms with van der Waals surface area (Å²) in [4.78, 5) is 8.76. The predicted octanol–water partition coefficient (Wildman–Crippen LogP) is 4.31. The van der Waals surface area contributed by atoms with Crippen molar-refractivity contribution in [2.45, 2.75) is 24.1 Å². The molecule has 0 aliphatic carbocycles. The average molecular weight is 440 g/mol. The summed E-state index contributed by atoms with van der Waals surface area (Å²) in [5, 5.41) is 12.6. The lowest BCUT2D eigenvalue weighted by Gasteiger charge is -2.09. The summed E-state index contributed by atoms with van der Waals surface area (Å²) < 4.78 is 13.1. The number of nitrogens with zero attached hydrogens (tertiary/aromatic N) is 5. The molecule has 0 fully saturated rings. The number of ether oxygens (including phenoxy) is 2. The lowest BCUT2D eigenvalue weighted by molar-refractivity contribution is 0.185. The smallest absolute Gasteiger partial charge is 0.191 e. The molecule has 0 N–H and O–H groups in total. The van der Waals surface area contributed by atoms with Crippen molar-refractivity contribution in [3.05, 3.63) is 70.9 Å². The van der Waals surface area contributed by atoms with Crippen molar-refractivity contribution in [3.63, 3.8) is 0 Å². The highest BCUT2D eigenvalue weighted by molar-refractivity contribution is 7.98. The number of pyridine rings is 1. The Bertz CT molecular complexity index is 1050. The number of aromatic nitrogens is 5. The molecule has 154 valence electrons. The molecule has 4 aromatic rings. The van der Waals surface area contributed by atoms with Crippen molar-refractivity contribution < 1.29 is 9.47 Å². The van der Waals surface area contributed by atoms with E-state index in [1.165, 1.54) is 0 Å². The molecule has 30 heavy (non-hydrogen) atoms. The number of hydrogen-bond acceptors (Lipinski definition) is 8. The summed E-state index contributed by atoms with van der Waals surface area (Å²) in [7, 11) is 1.69. The van der Waals surface area contributed by atoms with Crippen LogP contribution in [-0.2, 0) is 23.6 Å². The lowest BCUT2D eigenvalue weighted by atomic mass is 10.2. The molecule has 0 aliphatic rings. The number of hydrogen-bond donors (Lipinski definition) is 0. The standard InChI is InChI=1S/C21H21N5O2S2/c1-27-12-11-26-20(16-7-9-22-10-8-16)24-25-21(26)30-15-17-14-29-19(23-17)13-28-18-5-3-2-4-6-18/h2-10,14H,11-13,15H2,1H3. The largest absolute Gasteiger partial charge is 0.486 e. The quantitative estimate of drug-likeness (QED) is 0.341. The fourth-order valence-electron chi connectivity index (χ4n) is 2.78. The van der Waals surface area contributed by atoms with Crippen LogP contribution >= 0.6 is 23.1 Å². The fourth-order valence-corrected chi connectivity index (χ4v) is 4.44. The first-order chi connectivity index (χ1) is 14.8. The van der Waals surface area contributed by atoms with Crippen molar-refractivity contribution >= 4 is 23.1 Å². The first-order valence-corrected chi connectivity index (χ1v) is 11.3. The number of thiazole rings is 1. The Labute approximate surface area is 183 Å². The van der Waals surface area contributed by atoms with Gasteiger partial charge in [0, 0.05) is 36.2 Å². The molecule has 3 aromatic heterocycles. The first-order valence-electron chi connectivity index (χ1n) is 9.40. The van der Waals surface area contributed by atoms with Crippen LogP contribution in [0.5, 0.6) is 5.75 Å². The normalized spacial score (nSPS) is 11.0. The molecule has 1 aromatic carbocycles. The predicted molar refractivity (Wildman–Crippen MR) is 118 cm³/mol. The molecule has 9 heteroatoms. The average Bonchev–Trinajstić information content (AvgIpc) is 3.43. The first kappa shape index (κ1) is 20.5. The van der Waals surface area contributed by atoms with Crippen molar-refractivity contribution in [2.24, 2.45) is 0 Å². The molecule has 0 bridgehead atoms. The van der Waals surface area contributed by atoms with E-state index in [-0.39, 0.29) is 0 Å². The van der Waals surface area contributed by atoms with Gasteiger partial charge < -0.3 is 9.47 Å². The molecule has 0 amide bonds. The summed E-state index contributed by atoms with van der Waals surface area (Å²) in [5.41, 5.74) is 1.98. The van der Waals surface area contributed by atoms with Gasteiger partial charge in [0.1, 0.15) is 17.4 Å². The van der Waals surface area contributed by atoms with E-state index in [4.69, 9.17) is 9.47 Å². The zero-order valence-corrected chi connectivity index (χ0v) is 18.1. The summed E-state index contributed by atoms with van der Waals surface area (Å²) in [6.45, 7) is 1.73. The minimum Gasteiger partial charge on any atom is -0.486 e. The van der Waals surface area contributed by atoms with Crippen molar-refractivity contribution in [3.8, 4) is 17.1 Å². The van der Waals surface area contributed by atoms with E-state index in [0.717, 1.165) is 33.0 Å². The van der Waals surface area contributed by atoms with Crippen LogP contribution in [0.25, 0.3) is 11.4 Å². The monoisotopic (exact) mass is 439 g/mol. The minimum absolute atomic E-state index is 0.468. The molecular weight excluding hydrogens is 418 g/mol. The van der Waals surface area contributed by atoms with Crippen LogP contribution in [0.15, 0.2) is 65.4 Å². The van der Waals surface area contributed by atoms with Crippen molar-refractivity contribution in [1.82, 2.24) is 24.7 Å². The molecule has 0 spiro atoms. The van der Waals surface area contributed by atoms with E-state index >= 15 is 0 Å². The van der Waals surface area contributed by atoms with Gasteiger partial charge in [-0.3, -0.25) is 9.55 Å². The van der Waals surface area contributed by atoms with Crippen molar-refractivity contribution in [2.75, 3.05) is 13.7 Å². The Morgan fingerprint density at radius 1 is 1.07 bits per heavy atom. The maximum absolute atomic E-state index is 5.78. The number of thioether (sulfide) groups is 1. The van der Waals surface area contributed by atoms with Crippen LogP contribution in [0, 0.1) is 0 Å². The third-order valence-corrected chi connectivity index (χ3v) is 6.10. The second-order valence-electron chi connectivity index (χ2n) is 6.31. The fraction of sp³-hybridized carbons (Fsp3) is 0.238. The zero-order valence-electron chi connectivity index (χ0n) is 16.5. The molecule has 0 saturated heterocycles.